The van der Waals surface area contributed by atoms with Crippen LogP contribution in [0.3, 0.4) is 0 Å². The number of ether oxygens (including phenoxy) is 1. The fourth-order valence-electron chi connectivity index (χ4n) is 1.84. The molecule has 0 aliphatic carbocycles. The van der Waals surface area contributed by atoms with Crippen molar-refractivity contribution in [2.24, 2.45) is 5.73 Å². The van der Waals surface area contributed by atoms with Crippen molar-refractivity contribution in [2.75, 3.05) is 6.61 Å². The maximum Gasteiger partial charge on any atom is 0.174 e. The van der Waals surface area contributed by atoms with Crippen LogP contribution in [-0.2, 0) is 6.54 Å². The Labute approximate surface area is 100 Å². The summed E-state index contributed by atoms with van der Waals surface area (Å²) >= 11 is 0. The lowest BCUT2D eigenvalue weighted by molar-refractivity contribution is 0.368. The maximum absolute atomic E-state index is 8.48. The van der Waals surface area contributed by atoms with Crippen LogP contribution in [0.1, 0.15) is 6.92 Å². The van der Waals surface area contributed by atoms with Gasteiger partial charge in [-0.2, -0.15) is 5.26 Å². The highest BCUT2D eigenvalue weighted by Gasteiger charge is 2.04. The van der Waals surface area contributed by atoms with Crippen molar-refractivity contribution in [3.63, 3.8) is 0 Å². The van der Waals surface area contributed by atoms with Crippen molar-refractivity contribution in [1.82, 2.24) is 4.57 Å². The zero-order valence-corrected chi connectivity index (χ0v) is 9.76. The van der Waals surface area contributed by atoms with Crippen LogP contribution >= 0.6 is 0 Å². The molecule has 1 heterocycles. The fourth-order valence-corrected chi connectivity index (χ4v) is 1.84. The predicted octanol–water partition coefficient (Wildman–Crippen LogP) is 1.89. The topological polar surface area (TPSA) is 64.0 Å². The molecule has 2 aromatic rings. The van der Waals surface area contributed by atoms with Gasteiger partial charge in [0, 0.05) is 24.8 Å². The molecule has 4 nitrogen and oxygen atoms in total. The molecule has 0 aliphatic rings. The second-order valence-corrected chi connectivity index (χ2v) is 4.11. The first-order valence-corrected chi connectivity index (χ1v) is 5.55. The minimum Gasteiger partial charge on any atom is -0.479 e. The second kappa shape index (κ2) is 4.89. The third-order valence-corrected chi connectivity index (χ3v) is 2.53. The van der Waals surface area contributed by atoms with E-state index in [0.717, 1.165) is 17.4 Å². The van der Waals surface area contributed by atoms with E-state index < -0.39 is 0 Å². The van der Waals surface area contributed by atoms with Gasteiger partial charge < -0.3 is 15.0 Å². The summed E-state index contributed by atoms with van der Waals surface area (Å²) in [5, 5.41) is 9.63. The highest BCUT2D eigenvalue weighted by molar-refractivity contribution is 5.81. The predicted molar refractivity (Wildman–Crippen MR) is 66.7 cm³/mol. The van der Waals surface area contributed by atoms with E-state index in [1.54, 1.807) is 0 Å². The molecule has 1 aromatic heterocycles. The zero-order chi connectivity index (χ0) is 12.3. The van der Waals surface area contributed by atoms with Crippen molar-refractivity contribution >= 4 is 10.9 Å². The van der Waals surface area contributed by atoms with Crippen LogP contribution in [0.15, 0.2) is 30.5 Å². The largest absolute Gasteiger partial charge is 0.479 e. The van der Waals surface area contributed by atoms with Crippen molar-refractivity contribution in [2.45, 2.75) is 19.5 Å². The molecule has 1 atom stereocenters. The molecular weight excluding hydrogens is 214 g/mol. The van der Waals surface area contributed by atoms with Crippen molar-refractivity contribution in [3.05, 3.63) is 30.5 Å². The number of aromatic nitrogens is 1. The molecule has 0 amide bonds. The molecule has 88 valence electrons. The van der Waals surface area contributed by atoms with E-state index in [-0.39, 0.29) is 12.6 Å². The SMILES string of the molecule is CC(N)Cn1ccc2ccc(OCC#N)cc21. The lowest BCUT2D eigenvalue weighted by Gasteiger charge is -2.09. The van der Waals surface area contributed by atoms with Gasteiger partial charge in [-0.3, -0.25) is 0 Å². The van der Waals surface area contributed by atoms with Crippen molar-refractivity contribution < 1.29 is 4.74 Å². The van der Waals surface area contributed by atoms with E-state index in [0.29, 0.717) is 5.75 Å². The molecule has 1 aromatic carbocycles. The lowest BCUT2D eigenvalue weighted by atomic mass is 10.2. The molecule has 2 rings (SSSR count). The minimum absolute atomic E-state index is 0.0690. The number of nitrogens with zero attached hydrogens (tertiary/aromatic N) is 2. The first kappa shape index (κ1) is 11.5. The van der Waals surface area contributed by atoms with Gasteiger partial charge in [0.1, 0.15) is 11.8 Å². The van der Waals surface area contributed by atoms with Gasteiger partial charge in [0.25, 0.3) is 0 Å². The molecule has 2 N–H and O–H groups in total. The van der Waals surface area contributed by atoms with Gasteiger partial charge >= 0.3 is 0 Å². The zero-order valence-electron chi connectivity index (χ0n) is 9.76. The van der Waals surface area contributed by atoms with Crippen LogP contribution in [0, 0.1) is 11.3 Å². The van der Waals surface area contributed by atoms with Gasteiger partial charge in [-0.25, -0.2) is 0 Å². The van der Waals surface area contributed by atoms with Crippen molar-refractivity contribution in [3.8, 4) is 11.8 Å². The lowest BCUT2D eigenvalue weighted by Crippen LogP contribution is -2.21. The molecule has 0 aliphatic heterocycles. The normalized spacial score (nSPS) is 12.3. The van der Waals surface area contributed by atoms with Crippen LogP contribution in [-0.4, -0.2) is 17.2 Å². The molecule has 0 radical (unpaired) electrons. The third kappa shape index (κ3) is 2.58. The number of fused-ring (bicyclic) bond motifs is 1. The summed E-state index contributed by atoms with van der Waals surface area (Å²) in [7, 11) is 0. The summed E-state index contributed by atoms with van der Waals surface area (Å²) in [6, 6.07) is 9.91. The van der Waals surface area contributed by atoms with Crippen LogP contribution < -0.4 is 10.5 Å². The summed E-state index contributed by atoms with van der Waals surface area (Å²) < 4.78 is 7.38. The molecule has 0 saturated heterocycles. The molecule has 1 unspecified atom stereocenters. The smallest absolute Gasteiger partial charge is 0.174 e. The Morgan fingerprint density at radius 1 is 1.47 bits per heavy atom. The Bertz CT molecular complexity index is 551. The Morgan fingerprint density at radius 2 is 2.29 bits per heavy atom. The van der Waals surface area contributed by atoms with E-state index in [1.807, 2.05) is 43.5 Å². The first-order valence-electron chi connectivity index (χ1n) is 5.55. The fraction of sp³-hybridized carbons (Fsp3) is 0.308. The number of hydrogen-bond donors (Lipinski definition) is 1. The average molecular weight is 229 g/mol. The van der Waals surface area contributed by atoms with E-state index >= 15 is 0 Å². The van der Waals surface area contributed by atoms with Crippen LogP contribution in [0.5, 0.6) is 5.75 Å². The first-order chi connectivity index (χ1) is 8.20. The van der Waals surface area contributed by atoms with Crippen LogP contribution in [0.2, 0.25) is 0 Å². The number of rotatable bonds is 4. The van der Waals surface area contributed by atoms with E-state index in [9.17, 15) is 0 Å². The monoisotopic (exact) mass is 229 g/mol. The standard InChI is InChI=1S/C13H15N3O/c1-10(15)9-16-6-4-11-2-3-12(8-13(11)16)17-7-5-14/h2-4,6,8,10H,7,9,15H2,1H3. The van der Waals surface area contributed by atoms with Gasteiger partial charge in [-0.1, -0.05) is 0 Å². The van der Waals surface area contributed by atoms with E-state index in [2.05, 4.69) is 4.57 Å². The maximum atomic E-state index is 8.48. The summed E-state index contributed by atoms with van der Waals surface area (Å²) in [5.74, 6) is 0.712. The molecule has 0 bridgehead atoms. The second-order valence-electron chi connectivity index (χ2n) is 4.11. The highest BCUT2D eigenvalue weighted by Crippen LogP contribution is 2.22. The number of nitrogens with two attached hydrogens (primary N) is 1. The summed E-state index contributed by atoms with van der Waals surface area (Å²) in [6.07, 6.45) is 2.02. The highest BCUT2D eigenvalue weighted by atomic mass is 16.5. The summed E-state index contributed by atoms with van der Waals surface area (Å²) in [4.78, 5) is 0. The molecule has 17 heavy (non-hydrogen) atoms. The minimum atomic E-state index is 0.0690. The molecule has 4 heteroatoms. The van der Waals surface area contributed by atoms with Crippen LogP contribution in [0.4, 0.5) is 0 Å². The van der Waals surface area contributed by atoms with Crippen LogP contribution in [0.25, 0.3) is 10.9 Å². The Kier molecular flexibility index (Phi) is 3.31. The molecular formula is C13H15N3O. The Hall–Kier alpha value is -1.99. The van der Waals surface area contributed by atoms with Gasteiger partial charge in [0.2, 0.25) is 0 Å². The Balaban J connectivity index is 2.33. The van der Waals surface area contributed by atoms with Gasteiger partial charge in [0.05, 0.1) is 5.52 Å². The summed E-state index contributed by atoms with van der Waals surface area (Å²) in [6.45, 7) is 2.81. The average Bonchev–Trinajstić information content (AvgIpc) is 2.69. The van der Waals surface area contributed by atoms with E-state index in [1.165, 1.54) is 0 Å². The number of hydrogen-bond acceptors (Lipinski definition) is 3. The van der Waals surface area contributed by atoms with E-state index in [4.69, 9.17) is 15.7 Å². The van der Waals surface area contributed by atoms with Crippen molar-refractivity contribution in [1.29, 1.82) is 5.26 Å². The van der Waals surface area contributed by atoms with Gasteiger partial charge in [-0.15, -0.1) is 0 Å². The number of nitriles is 1. The number of benzene rings is 1. The molecule has 0 fully saturated rings. The summed E-state index contributed by atoms with van der Waals surface area (Å²) in [5.41, 5.74) is 6.88. The third-order valence-electron chi connectivity index (χ3n) is 2.53. The van der Waals surface area contributed by atoms with Gasteiger partial charge in [-0.05, 0) is 30.5 Å². The quantitative estimate of drug-likeness (QED) is 0.870. The molecule has 0 spiro atoms. The van der Waals surface area contributed by atoms with Gasteiger partial charge in [0.15, 0.2) is 6.61 Å². The Morgan fingerprint density at radius 3 is 3.00 bits per heavy atom. The molecule has 0 saturated carbocycles.